The summed E-state index contributed by atoms with van der Waals surface area (Å²) < 4.78 is 0.0268. The van der Waals surface area contributed by atoms with Crippen LogP contribution in [-0.2, 0) is 14.4 Å². The van der Waals surface area contributed by atoms with E-state index >= 15 is 0 Å². The SMILES string of the molecule is O=C(O)CC(C(=O)O)N1C(=O)C(=Cc2ccncc2)SC1=S. The van der Waals surface area contributed by atoms with Gasteiger partial charge in [-0.3, -0.25) is 19.5 Å². The largest absolute Gasteiger partial charge is 0.481 e. The van der Waals surface area contributed by atoms with E-state index in [2.05, 4.69) is 4.98 Å². The maximum absolute atomic E-state index is 12.3. The van der Waals surface area contributed by atoms with Gasteiger partial charge >= 0.3 is 11.9 Å². The smallest absolute Gasteiger partial charge is 0.327 e. The molecule has 0 saturated carbocycles. The summed E-state index contributed by atoms with van der Waals surface area (Å²) in [6.07, 6.45) is 3.94. The highest BCUT2D eigenvalue weighted by molar-refractivity contribution is 8.26. The Bertz CT molecular complexity index is 674. The van der Waals surface area contributed by atoms with Crippen molar-refractivity contribution in [3.63, 3.8) is 0 Å². The van der Waals surface area contributed by atoms with Crippen LogP contribution >= 0.6 is 24.0 Å². The molecule has 9 heteroatoms. The molecule has 1 fully saturated rings. The first-order chi connectivity index (χ1) is 10.4. The van der Waals surface area contributed by atoms with E-state index in [4.69, 9.17) is 22.4 Å². The average molecular weight is 338 g/mol. The fraction of sp³-hybridized carbons (Fsp3) is 0.154. The summed E-state index contributed by atoms with van der Waals surface area (Å²) in [7, 11) is 0. The number of nitrogens with zero attached hydrogens (tertiary/aromatic N) is 2. The van der Waals surface area contributed by atoms with Crippen molar-refractivity contribution in [2.24, 2.45) is 0 Å². The van der Waals surface area contributed by atoms with Crippen molar-refractivity contribution in [1.29, 1.82) is 0 Å². The van der Waals surface area contributed by atoms with Crippen molar-refractivity contribution in [1.82, 2.24) is 9.88 Å². The van der Waals surface area contributed by atoms with Crippen LogP contribution in [0.3, 0.4) is 0 Å². The lowest BCUT2D eigenvalue weighted by molar-refractivity contribution is -0.150. The van der Waals surface area contributed by atoms with Gasteiger partial charge in [0, 0.05) is 12.4 Å². The van der Waals surface area contributed by atoms with Crippen LogP contribution in [0.25, 0.3) is 6.08 Å². The Morgan fingerprint density at radius 3 is 2.55 bits per heavy atom. The lowest BCUT2D eigenvalue weighted by Gasteiger charge is -2.21. The Morgan fingerprint density at radius 1 is 1.36 bits per heavy atom. The van der Waals surface area contributed by atoms with Crippen LogP contribution in [0.15, 0.2) is 29.4 Å². The first kappa shape index (κ1) is 16.1. The number of hydrogen-bond donors (Lipinski definition) is 2. The van der Waals surface area contributed by atoms with Gasteiger partial charge in [0.2, 0.25) is 0 Å². The number of pyridine rings is 1. The van der Waals surface area contributed by atoms with Crippen molar-refractivity contribution in [2.45, 2.75) is 12.5 Å². The number of carboxylic acid groups (broad SMARTS) is 2. The van der Waals surface area contributed by atoms with Crippen molar-refractivity contribution < 1.29 is 24.6 Å². The minimum atomic E-state index is -1.52. The van der Waals surface area contributed by atoms with Crippen LogP contribution in [0.5, 0.6) is 0 Å². The first-order valence-electron chi connectivity index (χ1n) is 6.02. The highest BCUT2D eigenvalue weighted by Crippen LogP contribution is 2.34. The molecular formula is C13H10N2O5S2. The van der Waals surface area contributed by atoms with Gasteiger partial charge in [-0.1, -0.05) is 24.0 Å². The maximum atomic E-state index is 12.3. The predicted molar refractivity (Wildman–Crippen MR) is 82.9 cm³/mol. The Balaban J connectivity index is 2.30. The summed E-state index contributed by atoms with van der Waals surface area (Å²) in [6, 6.07) is 1.84. The van der Waals surface area contributed by atoms with Crippen LogP contribution in [0.1, 0.15) is 12.0 Å². The van der Waals surface area contributed by atoms with Crippen molar-refractivity contribution in [3.05, 3.63) is 35.0 Å². The Hall–Kier alpha value is -2.26. The van der Waals surface area contributed by atoms with Gasteiger partial charge in [0.15, 0.2) is 0 Å². The normalized spacial score (nSPS) is 17.8. The first-order valence-corrected chi connectivity index (χ1v) is 7.24. The van der Waals surface area contributed by atoms with Crippen LogP contribution in [0, 0.1) is 0 Å². The molecule has 1 unspecified atom stereocenters. The molecule has 1 atom stereocenters. The minimum absolute atomic E-state index is 0.0268. The molecule has 2 N–H and O–H groups in total. The van der Waals surface area contributed by atoms with Gasteiger partial charge in [-0.25, -0.2) is 4.79 Å². The molecule has 0 radical (unpaired) electrons. The van der Waals surface area contributed by atoms with Crippen molar-refractivity contribution in [3.8, 4) is 0 Å². The molecule has 1 aliphatic rings. The third-order valence-electron chi connectivity index (χ3n) is 2.79. The number of carbonyl (C=O) groups is 3. The molecule has 7 nitrogen and oxygen atoms in total. The van der Waals surface area contributed by atoms with Gasteiger partial charge in [-0.05, 0) is 23.8 Å². The molecule has 114 valence electrons. The number of thioether (sulfide) groups is 1. The molecule has 2 rings (SSSR count). The summed E-state index contributed by atoms with van der Waals surface area (Å²) in [5.74, 6) is -3.34. The van der Waals surface area contributed by atoms with Crippen molar-refractivity contribution >= 4 is 52.2 Å². The van der Waals surface area contributed by atoms with Gasteiger partial charge in [0.25, 0.3) is 5.91 Å². The molecular weight excluding hydrogens is 328 g/mol. The van der Waals surface area contributed by atoms with Gasteiger partial charge in [0.1, 0.15) is 10.4 Å². The van der Waals surface area contributed by atoms with Crippen LogP contribution in [-0.4, -0.2) is 48.3 Å². The Labute approximate surface area is 134 Å². The zero-order valence-electron chi connectivity index (χ0n) is 11.0. The number of rotatable bonds is 5. The highest BCUT2D eigenvalue weighted by Gasteiger charge is 2.41. The second-order valence-electron chi connectivity index (χ2n) is 4.28. The van der Waals surface area contributed by atoms with E-state index < -0.39 is 30.3 Å². The maximum Gasteiger partial charge on any atom is 0.327 e. The fourth-order valence-electron chi connectivity index (χ4n) is 1.81. The molecule has 22 heavy (non-hydrogen) atoms. The quantitative estimate of drug-likeness (QED) is 0.609. The number of amides is 1. The number of carboxylic acids is 2. The molecule has 0 spiro atoms. The van der Waals surface area contributed by atoms with Gasteiger partial charge < -0.3 is 10.2 Å². The van der Waals surface area contributed by atoms with Crippen LogP contribution in [0.4, 0.5) is 0 Å². The van der Waals surface area contributed by atoms with E-state index in [0.29, 0.717) is 5.56 Å². The predicted octanol–water partition coefficient (Wildman–Crippen LogP) is 1.21. The topological polar surface area (TPSA) is 108 Å². The molecule has 2 heterocycles. The highest BCUT2D eigenvalue weighted by atomic mass is 32.2. The molecule has 0 bridgehead atoms. The molecule has 1 saturated heterocycles. The van der Waals surface area contributed by atoms with Gasteiger partial charge in [-0.15, -0.1) is 0 Å². The Kier molecular flexibility index (Phi) is 4.88. The molecule has 1 amide bonds. The number of thiocarbonyl (C=S) groups is 1. The zero-order valence-corrected chi connectivity index (χ0v) is 12.6. The van der Waals surface area contributed by atoms with E-state index in [1.54, 1.807) is 30.6 Å². The number of aromatic nitrogens is 1. The lowest BCUT2D eigenvalue weighted by Crippen LogP contribution is -2.45. The van der Waals surface area contributed by atoms with Gasteiger partial charge in [0.05, 0.1) is 11.3 Å². The number of aliphatic carboxylic acids is 2. The number of carbonyl (C=O) groups excluding carboxylic acids is 1. The van der Waals surface area contributed by atoms with E-state index in [9.17, 15) is 14.4 Å². The average Bonchev–Trinajstić information content (AvgIpc) is 2.72. The molecule has 1 aliphatic heterocycles. The monoisotopic (exact) mass is 338 g/mol. The van der Waals surface area contributed by atoms with E-state index in [1.807, 2.05) is 0 Å². The zero-order chi connectivity index (χ0) is 16.3. The van der Waals surface area contributed by atoms with E-state index in [1.165, 1.54) is 0 Å². The number of hydrogen-bond acceptors (Lipinski definition) is 6. The molecule has 0 aliphatic carbocycles. The molecule has 0 aromatic carbocycles. The lowest BCUT2D eigenvalue weighted by atomic mass is 10.1. The van der Waals surface area contributed by atoms with Crippen LogP contribution < -0.4 is 0 Å². The van der Waals surface area contributed by atoms with E-state index in [-0.39, 0.29) is 9.23 Å². The summed E-state index contributed by atoms with van der Waals surface area (Å²) in [4.78, 5) is 39.3. The van der Waals surface area contributed by atoms with E-state index in [0.717, 1.165) is 16.7 Å². The fourth-order valence-corrected chi connectivity index (χ4v) is 3.17. The minimum Gasteiger partial charge on any atom is -0.481 e. The van der Waals surface area contributed by atoms with Crippen LogP contribution in [0.2, 0.25) is 0 Å². The summed E-state index contributed by atoms with van der Waals surface area (Å²) in [5.41, 5.74) is 0.709. The second kappa shape index (κ2) is 6.67. The Morgan fingerprint density at radius 2 is 2.00 bits per heavy atom. The molecule has 1 aromatic heterocycles. The molecule has 1 aromatic rings. The third-order valence-corrected chi connectivity index (χ3v) is 4.12. The standard InChI is InChI=1S/C13H10N2O5S2/c16-10(17)6-8(12(19)20)15-11(18)9(22-13(15)21)5-7-1-3-14-4-2-7/h1-5,8H,6H2,(H,16,17)(H,19,20). The second-order valence-corrected chi connectivity index (χ2v) is 5.96. The summed E-state index contributed by atoms with van der Waals surface area (Å²) >= 11 is 5.96. The third kappa shape index (κ3) is 3.49. The summed E-state index contributed by atoms with van der Waals surface area (Å²) in [5, 5.41) is 17.9. The summed E-state index contributed by atoms with van der Waals surface area (Å²) in [6.45, 7) is 0. The van der Waals surface area contributed by atoms with Crippen molar-refractivity contribution in [2.75, 3.05) is 0 Å². The van der Waals surface area contributed by atoms with Gasteiger partial charge in [-0.2, -0.15) is 0 Å².